The third kappa shape index (κ3) is 4.03. The number of hydrogen-bond acceptors (Lipinski definition) is 12. The first-order valence-electron chi connectivity index (χ1n) is 11.0. The summed E-state index contributed by atoms with van der Waals surface area (Å²) < 4.78 is 17.5. The zero-order valence-corrected chi connectivity index (χ0v) is 17.9. The predicted molar refractivity (Wildman–Crippen MR) is 108 cm³/mol. The van der Waals surface area contributed by atoms with Gasteiger partial charge >= 0.3 is 0 Å². The Labute approximate surface area is 181 Å². The van der Waals surface area contributed by atoms with Crippen molar-refractivity contribution in [2.45, 2.75) is 98.6 Å². The van der Waals surface area contributed by atoms with Gasteiger partial charge in [-0.25, -0.2) is 0 Å². The van der Waals surface area contributed by atoms with Crippen molar-refractivity contribution in [3.05, 3.63) is 0 Å². The number of fused-ring (bicyclic) bond motifs is 1. The van der Waals surface area contributed by atoms with Gasteiger partial charge in [-0.2, -0.15) is 0 Å². The summed E-state index contributed by atoms with van der Waals surface area (Å²) in [4.78, 5) is 1.70. The summed E-state index contributed by atoms with van der Waals surface area (Å²) in [6.45, 7) is 1.90. The van der Waals surface area contributed by atoms with E-state index in [-0.39, 0.29) is 12.7 Å². The summed E-state index contributed by atoms with van der Waals surface area (Å²) in [5.41, 5.74) is 16.8. The molecule has 0 bridgehead atoms. The Morgan fingerprint density at radius 3 is 2.45 bits per heavy atom. The number of rotatable bonds is 5. The first kappa shape index (κ1) is 23.7. The average molecular weight is 448 g/mol. The molecule has 4 fully saturated rings. The molecule has 3 saturated heterocycles. The highest BCUT2D eigenvalue weighted by molar-refractivity contribution is 5.21. The van der Waals surface area contributed by atoms with Gasteiger partial charge in [0.05, 0.1) is 55.1 Å². The topological polar surface area (TPSA) is 202 Å². The van der Waals surface area contributed by atoms with Crippen LogP contribution >= 0.6 is 0 Å². The van der Waals surface area contributed by atoms with E-state index in [4.69, 9.17) is 31.4 Å². The molecule has 4 rings (SSSR count). The zero-order valence-electron chi connectivity index (χ0n) is 17.9. The molecule has 0 spiro atoms. The molecule has 4 aliphatic rings. The highest BCUT2D eigenvalue weighted by Crippen LogP contribution is 2.46. The van der Waals surface area contributed by atoms with Gasteiger partial charge in [0.2, 0.25) is 0 Å². The molecule has 180 valence electrons. The van der Waals surface area contributed by atoms with E-state index >= 15 is 0 Å². The van der Waals surface area contributed by atoms with E-state index < -0.39 is 72.7 Å². The highest BCUT2D eigenvalue weighted by atomic mass is 16.7. The minimum Gasteiger partial charge on any atom is -0.390 e. The standard InChI is InChI=1S/C19H37N5O7/c1-19(28)6-29-17(14(27)16(19)23-2)24-10-11(24)13(26)15(9(22)12(10)25)31-18-8(21)4-3-7(5-20)30-18/h7-18,23,25-28H,3-6,20-22H2,1-2H3/t7-,8?,9-,10?,11-,12+,13?,14?,15?,16+,17+,18+,19-,24?/m0/s1. The van der Waals surface area contributed by atoms with Crippen molar-refractivity contribution in [1.82, 2.24) is 10.2 Å². The molecule has 6 unspecified atom stereocenters. The lowest BCUT2D eigenvalue weighted by Crippen LogP contribution is -2.66. The van der Waals surface area contributed by atoms with Crippen LogP contribution in [0.1, 0.15) is 19.8 Å². The van der Waals surface area contributed by atoms with Gasteiger partial charge in [0, 0.05) is 6.54 Å². The monoisotopic (exact) mass is 447 g/mol. The Morgan fingerprint density at radius 1 is 1.13 bits per heavy atom. The molecule has 0 aromatic rings. The average Bonchev–Trinajstić information content (AvgIpc) is 3.46. The largest absolute Gasteiger partial charge is 0.390 e. The van der Waals surface area contributed by atoms with Crippen LogP contribution in [0.4, 0.5) is 0 Å². The first-order chi connectivity index (χ1) is 14.6. The van der Waals surface area contributed by atoms with Gasteiger partial charge < -0.3 is 57.2 Å². The minimum absolute atomic E-state index is 0.0143. The van der Waals surface area contributed by atoms with E-state index in [0.717, 1.165) is 6.42 Å². The quantitative estimate of drug-likeness (QED) is 0.188. The van der Waals surface area contributed by atoms with E-state index in [1.165, 1.54) is 0 Å². The molecular formula is C19H37N5O7. The van der Waals surface area contributed by atoms with Crippen LogP contribution in [0.5, 0.6) is 0 Å². The van der Waals surface area contributed by atoms with Crippen molar-refractivity contribution < 1.29 is 34.6 Å². The molecule has 1 aliphatic carbocycles. The molecule has 12 heteroatoms. The van der Waals surface area contributed by atoms with Crippen LogP contribution in [0.15, 0.2) is 0 Å². The van der Waals surface area contributed by atoms with E-state index in [9.17, 15) is 20.4 Å². The van der Waals surface area contributed by atoms with Crippen LogP contribution < -0.4 is 22.5 Å². The Hall–Kier alpha value is -0.480. The predicted octanol–water partition coefficient (Wildman–Crippen LogP) is -4.67. The lowest BCUT2D eigenvalue weighted by atomic mass is 9.88. The number of nitrogens with one attached hydrogen (secondary N) is 1. The fourth-order valence-electron chi connectivity index (χ4n) is 5.45. The van der Waals surface area contributed by atoms with Gasteiger partial charge in [-0.3, -0.25) is 4.90 Å². The lowest BCUT2D eigenvalue weighted by molar-refractivity contribution is -0.245. The summed E-state index contributed by atoms with van der Waals surface area (Å²) in [5, 5.41) is 46.1. The Kier molecular flexibility index (Phi) is 6.65. The second-order valence-electron chi connectivity index (χ2n) is 9.51. The summed E-state index contributed by atoms with van der Waals surface area (Å²) >= 11 is 0. The number of likely N-dealkylation sites (N-methyl/N-ethyl adjacent to an activating group) is 1. The van der Waals surface area contributed by atoms with E-state index in [1.54, 1.807) is 18.9 Å². The molecule has 0 aromatic carbocycles. The Morgan fingerprint density at radius 2 is 1.81 bits per heavy atom. The third-order valence-corrected chi connectivity index (χ3v) is 7.27. The maximum atomic E-state index is 11.0. The van der Waals surface area contributed by atoms with Gasteiger partial charge in [-0.05, 0) is 26.8 Å². The van der Waals surface area contributed by atoms with Crippen molar-refractivity contribution in [2.75, 3.05) is 20.2 Å². The normalized spacial score (nSPS) is 57.4. The van der Waals surface area contributed by atoms with Crippen LogP contribution in [-0.2, 0) is 14.2 Å². The Balaban J connectivity index is 1.47. The number of aliphatic hydroxyl groups is 4. The van der Waals surface area contributed by atoms with Crippen LogP contribution in [0.3, 0.4) is 0 Å². The molecule has 31 heavy (non-hydrogen) atoms. The number of aliphatic hydroxyl groups excluding tert-OH is 3. The second-order valence-corrected chi connectivity index (χ2v) is 9.51. The molecule has 14 atom stereocenters. The van der Waals surface area contributed by atoms with Gasteiger partial charge in [-0.1, -0.05) is 0 Å². The van der Waals surface area contributed by atoms with Crippen molar-refractivity contribution in [3.8, 4) is 0 Å². The van der Waals surface area contributed by atoms with E-state index in [1.807, 2.05) is 0 Å². The van der Waals surface area contributed by atoms with Gasteiger partial charge in [0.25, 0.3) is 0 Å². The number of ether oxygens (including phenoxy) is 3. The number of hydrogen-bond donors (Lipinski definition) is 8. The zero-order chi connectivity index (χ0) is 22.7. The first-order valence-corrected chi connectivity index (χ1v) is 11.0. The molecule has 12 nitrogen and oxygen atoms in total. The maximum absolute atomic E-state index is 11.0. The number of nitrogens with two attached hydrogens (primary N) is 3. The summed E-state index contributed by atoms with van der Waals surface area (Å²) in [6, 6.07) is -2.95. The minimum atomic E-state index is -1.26. The van der Waals surface area contributed by atoms with Crippen molar-refractivity contribution >= 4 is 0 Å². The van der Waals surface area contributed by atoms with Gasteiger partial charge in [-0.15, -0.1) is 0 Å². The fraction of sp³-hybridized carbons (Fsp3) is 1.00. The van der Waals surface area contributed by atoms with Crippen molar-refractivity contribution in [2.24, 2.45) is 17.2 Å². The van der Waals surface area contributed by atoms with Crippen molar-refractivity contribution in [1.29, 1.82) is 0 Å². The molecule has 1 saturated carbocycles. The van der Waals surface area contributed by atoms with Crippen LogP contribution in [0, 0.1) is 0 Å². The van der Waals surface area contributed by atoms with E-state index in [2.05, 4.69) is 5.32 Å². The van der Waals surface area contributed by atoms with Crippen LogP contribution in [0.25, 0.3) is 0 Å². The van der Waals surface area contributed by atoms with E-state index in [0.29, 0.717) is 13.0 Å². The SMILES string of the molecule is CN[C@@H]1C(O)[C@H](N2C3[C@H]2C(O)C(O[C@H]2O[C@H](CN)CCC2N)[C@@H](N)[C@H]3O)OC[C@]1(C)O. The molecular weight excluding hydrogens is 410 g/mol. The smallest absolute Gasteiger partial charge is 0.173 e. The summed E-state index contributed by atoms with van der Waals surface area (Å²) in [6.07, 6.45) is -4.48. The van der Waals surface area contributed by atoms with Crippen LogP contribution in [-0.4, -0.2) is 124 Å². The Bertz CT molecular complexity index is 645. The summed E-state index contributed by atoms with van der Waals surface area (Å²) in [7, 11) is 1.64. The fourth-order valence-corrected chi connectivity index (χ4v) is 5.45. The second kappa shape index (κ2) is 8.70. The number of likely N-dealkylation sites (tertiary alicyclic amines) is 1. The molecule has 0 aromatic heterocycles. The van der Waals surface area contributed by atoms with Crippen molar-refractivity contribution in [3.63, 3.8) is 0 Å². The van der Waals surface area contributed by atoms with Gasteiger partial charge in [0.1, 0.15) is 24.0 Å². The molecule has 0 radical (unpaired) electrons. The molecule has 0 amide bonds. The van der Waals surface area contributed by atoms with Crippen LogP contribution in [0.2, 0.25) is 0 Å². The lowest BCUT2D eigenvalue weighted by Gasteiger charge is -2.44. The third-order valence-electron chi connectivity index (χ3n) is 7.27. The maximum Gasteiger partial charge on any atom is 0.173 e. The summed E-state index contributed by atoms with van der Waals surface area (Å²) in [5.74, 6) is 0. The molecule has 11 N–H and O–H groups in total. The highest BCUT2D eigenvalue weighted by Gasteiger charge is 2.68. The number of nitrogens with zero attached hydrogens (tertiary/aromatic N) is 1. The molecule has 3 aliphatic heterocycles. The van der Waals surface area contributed by atoms with Gasteiger partial charge in [0.15, 0.2) is 6.29 Å². The molecule has 3 heterocycles.